The van der Waals surface area contributed by atoms with Gasteiger partial charge in [0.25, 0.3) is 5.91 Å². The normalized spacial score (nSPS) is 16.7. The van der Waals surface area contributed by atoms with Crippen molar-refractivity contribution in [2.45, 2.75) is 0 Å². The quantitative estimate of drug-likeness (QED) is 0.601. The average Bonchev–Trinajstić information content (AvgIpc) is 2.67. The molecule has 2 rings (SSSR count). The van der Waals surface area contributed by atoms with Crippen molar-refractivity contribution in [2.75, 3.05) is 25.5 Å². The predicted molar refractivity (Wildman–Crippen MR) is 85.7 cm³/mol. The van der Waals surface area contributed by atoms with Gasteiger partial charge in [-0.15, -0.1) is 0 Å². The van der Waals surface area contributed by atoms with Crippen molar-refractivity contribution in [1.82, 2.24) is 4.90 Å². The molecule has 0 N–H and O–H groups in total. The van der Waals surface area contributed by atoms with Gasteiger partial charge in [0.05, 0.1) is 17.4 Å². The minimum atomic E-state index is -1.33. The monoisotopic (exact) mass is 321 g/mol. The highest BCUT2D eigenvalue weighted by Gasteiger charge is 2.31. The first-order valence-electron chi connectivity index (χ1n) is 6.11. The third-order valence-electron chi connectivity index (χ3n) is 2.87. The summed E-state index contributed by atoms with van der Waals surface area (Å²) in [6.45, 7) is -0.512. The molecule has 1 aromatic rings. The number of hydrogen-bond acceptors (Lipinski definition) is 6. The number of benzene rings is 1. The maximum Gasteiger partial charge on any atom is 0.266 e. The second-order valence-electron chi connectivity index (χ2n) is 4.63. The second kappa shape index (κ2) is 6.28. The van der Waals surface area contributed by atoms with Crippen molar-refractivity contribution in [3.05, 3.63) is 34.7 Å². The minimum absolute atomic E-state index is 0.236. The molecule has 1 saturated heterocycles. The number of carbonyl (C=O) groups excluding carboxylic acids is 2. The molecule has 5 nitrogen and oxygen atoms in total. The maximum absolute atomic E-state index is 12.1. The summed E-state index contributed by atoms with van der Waals surface area (Å²) in [5.74, 6) is -1.73. The van der Waals surface area contributed by atoms with Crippen molar-refractivity contribution < 1.29 is 14.7 Å². The van der Waals surface area contributed by atoms with Crippen molar-refractivity contribution in [3.63, 3.8) is 0 Å². The lowest BCUT2D eigenvalue weighted by Gasteiger charge is -2.14. The molecule has 0 atom stereocenters. The van der Waals surface area contributed by atoms with E-state index in [1.54, 1.807) is 6.08 Å². The summed E-state index contributed by atoms with van der Waals surface area (Å²) in [7, 11) is 3.89. The Balaban J connectivity index is 2.20. The Labute approximate surface area is 132 Å². The van der Waals surface area contributed by atoms with Gasteiger partial charge in [0.15, 0.2) is 0 Å². The number of amides is 1. The van der Waals surface area contributed by atoms with Crippen LogP contribution in [0.4, 0.5) is 5.69 Å². The molecular weight excluding hydrogens is 308 g/mol. The molecule has 21 heavy (non-hydrogen) atoms. The van der Waals surface area contributed by atoms with Crippen LogP contribution >= 0.6 is 24.0 Å². The molecule has 1 heterocycles. The largest absolute Gasteiger partial charge is 0.548 e. The standard InChI is InChI=1S/C14H14N2O3S2/c1-15(2)10-5-3-9(4-6-10)7-11-13(19)16(8-12(17)18)14(20)21-11/h3-7H,8H2,1-2H3,(H,17,18)/p-1. The summed E-state index contributed by atoms with van der Waals surface area (Å²) < 4.78 is 0.236. The van der Waals surface area contributed by atoms with Crippen molar-refractivity contribution in [1.29, 1.82) is 0 Å². The summed E-state index contributed by atoms with van der Waals surface area (Å²) >= 11 is 6.11. The fraction of sp³-hybridized carbons (Fsp3) is 0.214. The van der Waals surface area contributed by atoms with Crippen LogP contribution in [0.5, 0.6) is 0 Å². The van der Waals surface area contributed by atoms with Gasteiger partial charge in [-0.2, -0.15) is 0 Å². The van der Waals surface area contributed by atoms with Gasteiger partial charge >= 0.3 is 0 Å². The Kier molecular flexibility index (Phi) is 4.64. The Morgan fingerprint density at radius 1 is 1.38 bits per heavy atom. The Bertz CT molecular complexity index is 624. The van der Waals surface area contributed by atoms with E-state index >= 15 is 0 Å². The Morgan fingerprint density at radius 3 is 2.52 bits per heavy atom. The topological polar surface area (TPSA) is 63.7 Å². The molecule has 1 aliphatic heterocycles. The zero-order valence-corrected chi connectivity index (χ0v) is 13.2. The van der Waals surface area contributed by atoms with E-state index in [1.807, 2.05) is 43.3 Å². The lowest BCUT2D eigenvalue weighted by atomic mass is 10.2. The van der Waals surface area contributed by atoms with Crippen LogP contribution in [0.3, 0.4) is 0 Å². The van der Waals surface area contributed by atoms with E-state index in [1.165, 1.54) is 0 Å². The van der Waals surface area contributed by atoms with Gasteiger partial charge in [0, 0.05) is 19.8 Å². The van der Waals surface area contributed by atoms with Crippen LogP contribution in [0, 0.1) is 0 Å². The van der Waals surface area contributed by atoms with E-state index in [0.717, 1.165) is 27.9 Å². The lowest BCUT2D eigenvalue weighted by molar-refractivity contribution is -0.305. The van der Waals surface area contributed by atoms with Crippen LogP contribution in [0.25, 0.3) is 6.08 Å². The summed E-state index contributed by atoms with van der Waals surface area (Å²) in [5.41, 5.74) is 1.91. The molecular formula is C14H13N2O3S2-. The molecule has 0 radical (unpaired) electrons. The van der Waals surface area contributed by atoms with E-state index in [9.17, 15) is 14.7 Å². The molecule has 1 aliphatic rings. The van der Waals surface area contributed by atoms with Gasteiger partial charge in [-0.1, -0.05) is 36.1 Å². The van der Waals surface area contributed by atoms with Crippen LogP contribution in [-0.2, 0) is 9.59 Å². The van der Waals surface area contributed by atoms with E-state index in [4.69, 9.17) is 12.2 Å². The third kappa shape index (κ3) is 3.62. The van der Waals surface area contributed by atoms with Gasteiger partial charge in [-0.3, -0.25) is 9.69 Å². The summed E-state index contributed by atoms with van der Waals surface area (Å²) in [6.07, 6.45) is 1.70. The molecule has 7 heteroatoms. The number of carboxylic acids is 1. The first-order valence-corrected chi connectivity index (χ1v) is 7.33. The van der Waals surface area contributed by atoms with Crippen LogP contribution < -0.4 is 10.0 Å². The zero-order valence-electron chi connectivity index (χ0n) is 11.5. The number of carbonyl (C=O) groups is 2. The number of thioether (sulfide) groups is 1. The Morgan fingerprint density at radius 2 is 2.00 bits per heavy atom. The smallest absolute Gasteiger partial charge is 0.266 e. The number of rotatable bonds is 4. The van der Waals surface area contributed by atoms with Crippen molar-refractivity contribution in [2.24, 2.45) is 0 Å². The van der Waals surface area contributed by atoms with Gasteiger partial charge < -0.3 is 14.8 Å². The molecule has 110 valence electrons. The average molecular weight is 321 g/mol. The number of carboxylic acid groups (broad SMARTS) is 1. The third-order valence-corrected chi connectivity index (χ3v) is 4.25. The number of aliphatic carboxylic acids is 1. The Hall–Kier alpha value is -1.86. The second-order valence-corrected chi connectivity index (χ2v) is 6.30. The molecule has 0 unspecified atom stereocenters. The van der Waals surface area contributed by atoms with Gasteiger partial charge in [-0.25, -0.2) is 0 Å². The van der Waals surface area contributed by atoms with Crippen molar-refractivity contribution in [3.8, 4) is 0 Å². The molecule has 0 aliphatic carbocycles. The van der Waals surface area contributed by atoms with Crippen LogP contribution in [-0.4, -0.2) is 41.7 Å². The van der Waals surface area contributed by atoms with Gasteiger partial charge in [0.2, 0.25) is 0 Å². The van der Waals surface area contributed by atoms with Crippen LogP contribution in [0.1, 0.15) is 5.56 Å². The van der Waals surface area contributed by atoms with Crippen molar-refractivity contribution >= 4 is 51.9 Å². The van der Waals surface area contributed by atoms with E-state index in [-0.39, 0.29) is 4.32 Å². The number of anilines is 1. The molecule has 1 aromatic carbocycles. The molecule has 0 saturated carbocycles. The van der Waals surface area contributed by atoms with Gasteiger partial charge in [-0.05, 0) is 23.8 Å². The lowest BCUT2D eigenvalue weighted by Crippen LogP contribution is -2.40. The number of nitrogens with zero attached hydrogens (tertiary/aromatic N) is 2. The zero-order chi connectivity index (χ0) is 15.6. The van der Waals surface area contributed by atoms with Crippen LogP contribution in [0.15, 0.2) is 29.2 Å². The highest BCUT2D eigenvalue weighted by molar-refractivity contribution is 8.26. The fourth-order valence-corrected chi connectivity index (χ4v) is 3.04. The predicted octanol–water partition coefficient (Wildman–Crippen LogP) is 0.704. The molecule has 0 aromatic heterocycles. The first kappa shape index (κ1) is 15.5. The molecule has 0 bridgehead atoms. The molecule has 0 spiro atoms. The molecule has 1 amide bonds. The van der Waals surface area contributed by atoms with Crippen LogP contribution in [0.2, 0.25) is 0 Å². The summed E-state index contributed by atoms with van der Waals surface area (Å²) in [6, 6.07) is 7.66. The van der Waals surface area contributed by atoms with E-state index in [0.29, 0.717) is 4.91 Å². The highest BCUT2D eigenvalue weighted by atomic mass is 32.2. The minimum Gasteiger partial charge on any atom is -0.548 e. The summed E-state index contributed by atoms with van der Waals surface area (Å²) in [5, 5.41) is 10.6. The van der Waals surface area contributed by atoms with E-state index in [2.05, 4.69) is 0 Å². The fourth-order valence-electron chi connectivity index (χ4n) is 1.79. The highest BCUT2D eigenvalue weighted by Crippen LogP contribution is 2.32. The number of thiocarbonyl (C=S) groups is 1. The first-order chi connectivity index (χ1) is 9.88. The van der Waals surface area contributed by atoms with Gasteiger partial charge in [0.1, 0.15) is 4.32 Å². The SMILES string of the molecule is CN(C)c1ccc(C=C2SC(=S)N(CC(=O)[O-])C2=O)cc1. The van der Waals surface area contributed by atoms with E-state index < -0.39 is 18.4 Å². The molecule has 1 fully saturated rings. The number of hydrogen-bond donors (Lipinski definition) is 0. The maximum atomic E-state index is 12.1. The summed E-state index contributed by atoms with van der Waals surface area (Å²) in [4.78, 5) is 26.1.